The summed E-state index contributed by atoms with van der Waals surface area (Å²) in [5.74, 6) is 1.30. The SMILES string of the molecule is C=CCNc1cc(OC)c(Cl)cc1OC. The van der Waals surface area contributed by atoms with Crippen LogP contribution >= 0.6 is 11.6 Å². The van der Waals surface area contributed by atoms with Crippen molar-refractivity contribution in [3.63, 3.8) is 0 Å². The predicted octanol–water partition coefficient (Wildman–Crippen LogP) is 2.96. The molecule has 0 aliphatic rings. The number of hydrogen-bond acceptors (Lipinski definition) is 3. The molecule has 0 heterocycles. The lowest BCUT2D eigenvalue weighted by Crippen LogP contribution is -2.01. The largest absolute Gasteiger partial charge is 0.495 e. The lowest BCUT2D eigenvalue weighted by Gasteiger charge is -2.12. The van der Waals surface area contributed by atoms with Crippen molar-refractivity contribution in [1.82, 2.24) is 0 Å². The van der Waals surface area contributed by atoms with Crippen molar-refractivity contribution in [2.75, 3.05) is 26.1 Å². The minimum atomic E-state index is 0.526. The van der Waals surface area contributed by atoms with Gasteiger partial charge in [-0.1, -0.05) is 17.7 Å². The van der Waals surface area contributed by atoms with Gasteiger partial charge in [-0.2, -0.15) is 0 Å². The van der Waals surface area contributed by atoms with Gasteiger partial charge in [0.25, 0.3) is 0 Å². The Hall–Kier alpha value is -1.35. The standard InChI is InChI=1S/C11H14ClNO2/c1-4-5-13-9-7-10(14-2)8(12)6-11(9)15-3/h4,6-7,13H,1,5H2,2-3H3. The molecule has 0 spiro atoms. The Balaban J connectivity index is 3.04. The molecular formula is C11H14ClNO2. The monoisotopic (exact) mass is 227 g/mol. The number of hydrogen-bond donors (Lipinski definition) is 1. The third kappa shape index (κ3) is 2.80. The van der Waals surface area contributed by atoms with Gasteiger partial charge < -0.3 is 14.8 Å². The van der Waals surface area contributed by atoms with Gasteiger partial charge in [-0.25, -0.2) is 0 Å². The molecular weight excluding hydrogens is 214 g/mol. The maximum atomic E-state index is 5.96. The molecule has 0 saturated carbocycles. The van der Waals surface area contributed by atoms with E-state index in [0.29, 0.717) is 23.1 Å². The molecule has 0 aromatic heterocycles. The van der Waals surface area contributed by atoms with Crippen LogP contribution in [0.2, 0.25) is 5.02 Å². The second-order valence-corrected chi connectivity index (χ2v) is 3.26. The van der Waals surface area contributed by atoms with Crippen molar-refractivity contribution in [3.8, 4) is 11.5 Å². The fraction of sp³-hybridized carbons (Fsp3) is 0.273. The zero-order valence-corrected chi connectivity index (χ0v) is 9.60. The van der Waals surface area contributed by atoms with Crippen molar-refractivity contribution in [1.29, 1.82) is 0 Å². The molecule has 0 aliphatic carbocycles. The van der Waals surface area contributed by atoms with Gasteiger partial charge in [0.15, 0.2) is 0 Å². The molecule has 0 radical (unpaired) electrons. The molecule has 0 fully saturated rings. The molecule has 3 nitrogen and oxygen atoms in total. The molecule has 1 rings (SSSR count). The van der Waals surface area contributed by atoms with Crippen molar-refractivity contribution < 1.29 is 9.47 Å². The average molecular weight is 228 g/mol. The summed E-state index contributed by atoms with van der Waals surface area (Å²) in [6.07, 6.45) is 1.76. The van der Waals surface area contributed by atoms with Crippen LogP contribution in [0, 0.1) is 0 Å². The van der Waals surface area contributed by atoms with Gasteiger partial charge >= 0.3 is 0 Å². The highest BCUT2D eigenvalue weighted by Crippen LogP contribution is 2.35. The topological polar surface area (TPSA) is 30.5 Å². The smallest absolute Gasteiger partial charge is 0.143 e. The average Bonchev–Trinajstić information content (AvgIpc) is 2.26. The first-order chi connectivity index (χ1) is 7.22. The van der Waals surface area contributed by atoms with Gasteiger partial charge in [0, 0.05) is 18.7 Å². The van der Waals surface area contributed by atoms with E-state index in [2.05, 4.69) is 11.9 Å². The highest BCUT2D eigenvalue weighted by molar-refractivity contribution is 6.32. The van der Waals surface area contributed by atoms with E-state index in [1.165, 1.54) is 0 Å². The van der Waals surface area contributed by atoms with E-state index in [4.69, 9.17) is 21.1 Å². The molecule has 15 heavy (non-hydrogen) atoms. The van der Waals surface area contributed by atoms with E-state index >= 15 is 0 Å². The predicted molar refractivity (Wildman–Crippen MR) is 63.2 cm³/mol. The summed E-state index contributed by atoms with van der Waals surface area (Å²) in [5.41, 5.74) is 0.832. The van der Waals surface area contributed by atoms with Crippen LogP contribution in [0.4, 0.5) is 5.69 Å². The zero-order chi connectivity index (χ0) is 11.3. The first kappa shape index (κ1) is 11.7. The second-order valence-electron chi connectivity index (χ2n) is 2.86. The molecule has 1 aromatic rings. The third-order valence-corrected chi connectivity index (χ3v) is 2.21. The Bertz CT molecular complexity index is 353. The molecule has 1 aromatic carbocycles. The summed E-state index contributed by atoms with van der Waals surface area (Å²) in [4.78, 5) is 0. The van der Waals surface area contributed by atoms with Crippen LogP contribution in [0.1, 0.15) is 0 Å². The maximum absolute atomic E-state index is 5.96. The minimum Gasteiger partial charge on any atom is -0.495 e. The fourth-order valence-electron chi connectivity index (χ4n) is 1.18. The summed E-state index contributed by atoms with van der Waals surface area (Å²) < 4.78 is 10.3. The zero-order valence-electron chi connectivity index (χ0n) is 8.84. The van der Waals surface area contributed by atoms with Crippen LogP contribution < -0.4 is 14.8 Å². The number of methoxy groups -OCH3 is 2. The van der Waals surface area contributed by atoms with Crippen LogP contribution in [-0.4, -0.2) is 20.8 Å². The number of nitrogens with one attached hydrogen (secondary N) is 1. The molecule has 0 atom stereocenters. The molecule has 0 bridgehead atoms. The Morgan fingerprint density at radius 3 is 2.53 bits per heavy atom. The lowest BCUT2D eigenvalue weighted by molar-refractivity contribution is 0.405. The van der Waals surface area contributed by atoms with Gasteiger partial charge in [0.1, 0.15) is 11.5 Å². The van der Waals surface area contributed by atoms with Crippen molar-refractivity contribution in [2.45, 2.75) is 0 Å². The number of anilines is 1. The summed E-state index contributed by atoms with van der Waals surface area (Å²) in [6.45, 7) is 4.28. The minimum absolute atomic E-state index is 0.526. The molecule has 0 saturated heterocycles. The summed E-state index contributed by atoms with van der Waals surface area (Å²) >= 11 is 5.96. The molecule has 1 N–H and O–H groups in total. The van der Waals surface area contributed by atoms with Crippen LogP contribution in [0.15, 0.2) is 24.8 Å². The van der Waals surface area contributed by atoms with E-state index in [1.807, 2.05) is 0 Å². The first-order valence-corrected chi connectivity index (χ1v) is 4.87. The van der Waals surface area contributed by atoms with Crippen molar-refractivity contribution in [2.24, 2.45) is 0 Å². The van der Waals surface area contributed by atoms with E-state index in [-0.39, 0.29) is 0 Å². The summed E-state index contributed by atoms with van der Waals surface area (Å²) in [7, 11) is 3.17. The molecule has 82 valence electrons. The van der Waals surface area contributed by atoms with Crippen LogP contribution in [0.5, 0.6) is 11.5 Å². The number of benzene rings is 1. The Kier molecular flexibility index (Phi) is 4.31. The number of halogens is 1. The molecule has 4 heteroatoms. The summed E-state index contributed by atoms with van der Waals surface area (Å²) in [5, 5.41) is 3.66. The fourth-order valence-corrected chi connectivity index (χ4v) is 1.41. The van der Waals surface area contributed by atoms with Gasteiger partial charge in [-0.3, -0.25) is 0 Å². The maximum Gasteiger partial charge on any atom is 0.143 e. The molecule has 0 amide bonds. The van der Waals surface area contributed by atoms with E-state index in [1.54, 1.807) is 32.4 Å². The second kappa shape index (κ2) is 5.51. The van der Waals surface area contributed by atoms with Gasteiger partial charge in [-0.05, 0) is 0 Å². The van der Waals surface area contributed by atoms with Crippen LogP contribution in [0.25, 0.3) is 0 Å². The number of ether oxygens (including phenoxy) is 2. The normalized spacial score (nSPS) is 9.53. The van der Waals surface area contributed by atoms with Gasteiger partial charge in [0.05, 0.1) is 24.9 Å². The van der Waals surface area contributed by atoms with Crippen LogP contribution in [-0.2, 0) is 0 Å². The Morgan fingerprint density at radius 1 is 1.33 bits per heavy atom. The van der Waals surface area contributed by atoms with E-state index in [0.717, 1.165) is 5.69 Å². The van der Waals surface area contributed by atoms with E-state index < -0.39 is 0 Å². The Morgan fingerprint density at radius 2 is 2.00 bits per heavy atom. The lowest BCUT2D eigenvalue weighted by atomic mass is 10.2. The first-order valence-electron chi connectivity index (χ1n) is 4.49. The van der Waals surface area contributed by atoms with Gasteiger partial charge in [-0.15, -0.1) is 6.58 Å². The highest BCUT2D eigenvalue weighted by atomic mass is 35.5. The Labute approximate surface area is 94.6 Å². The molecule has 0 unspecified atom stereocenters. The number of rotatable bonds is 5. The quantitative estimate of drug-likeness (QED) is 0.785. The molecule has 0 aliphatic heterocycles. The van der Waals surface area contributed by atoms with Crippen molar-refractivity contribution in [3.05, 3.63) is 29.8 Å². The highest BCUT2D eigenvalue weighted by Gasteiger charge is 2.08. The van der Waals surface area contributed by atoms with E-state index in [9.17, 15) is 0 Å². The van der Waals surface area contributed by atoms with Gasteiger partial charge in [0.2, 0.25) is 0 Å². The van der Waals surface area contributed by atoms with Crippen LogP contribution in [0.3, 0.4) is 0 Å². The van der Waals surface area contributed by atoms with Crippen molar-refractivity contribution >= 4 is 17.3 Å². The summed E-state index contributed by atoms with van der Waals surface area (Å²) in [6, 6.07) is 3.51. The third-order valence-electron chi connectivity index (χ3n) is 1.91.